The van der Waals surface area contributed by atoms with Crippen molar-refractivity contribution in [1.29, 1.82) is 0 Å². The molecule has 0 aliphatic carbocycles. The third-order valence-electron chi connectivity index (χ3n) is 1.41. The third kappa shape index (κ3) is 1.60. The van der Waals surface area contributed by atoms with Crippen molar-refractivity contribution in [2.45, 2.75) is 20.0 Å². The summed E-state index contributed by atoms with van der Waals surface area (Å²) in [4.78, 5) is 15.3. The molecule has 1 N–H and O–H groups in total. The number of amides is 1. The maximum Gasteiger partial charge on any atom is 0.431 e. The van der Waals surface area contributed by atoms with Gasteiger partial charge in [0.1, 0.15) is 12.7 Å². The Bertz CT molecular complexity index is 135. The molecule has 0 bridgehead atoms. The Labute approximate surface area is 59.5 Å². The summed E-state index contributed by atoms with van der Waals surface area (Å²) in [6.07, 6.45) is -0.598. The average Bonchev–Trinajstić information content (AvgIpc) is 1.88. The summed E-state index contributed by atoms with van der Waals surface area (Å²) < 4.78 is 4.87. The number of hydrogen-bond donors (Lipinski definition) is 1. The summed E-state index contributed by atoms with van der Waals surface area (Å²) >= 11 is 0. The first-order valence-corrected chi connectivity index (χ1v) is 3.28. The van der Waals surface area contributed by atoms with Crippen LogP contribution in [0.15, 0.2) is 0 Å². The highest BCUT2D eigenvalue weighted by Crippen LogP contribution is 2.09. The van der Waals surface area contributed by atoms with Gasteiger partial charge < -0.3 is 4.74 Å². The highest BCUT2D eigenvalue weighted by molar-refractivity contribution is 5.66. The fraction of sp³-hybridized carbons (Fsp3) is 0.833. The molecular weight excluding hydrogens is 134 g/mol. The normalized spacial score (nSPS) is 25.9. The zero-order valence-corrected chi connectivity index (χ0v) is 6.09. The van der Waals surface area contributed by atoms with Gasteiger partial charge in [-0.25, -0.2) is 4.79 Å². The van der Waals surface area contributed by atoms with Crippen molar-refractivity contribution in [1.82, 2.24) is 5.48 Å². The van der Waals surface area contributed by atoms with Crippen LogP contribution in [0.25, 0.3) is 0 Å². The predicted octanol–water partition coefficient (Wildman–Crippen LogP) is 0.682. The van der Waals surface area contributed by atoms with Gasteiger partial charge in [0, 0.05) is 0 Å². The van der Waals surface area contributed by atoms with E-state index in [9.17, 15) is 4.79 Å². The van der Waals surface area contributed by atoms with Crippen LogP contribution in [0.5, 0.6) is 0 Å². The summed E-state index contributed by atoms with van der Waals surface area (Å²) in [7, 11) is 0. The fourth-order valence-electron chi connectivity index (χ4n) is 0.707. The highest BCUT2D eigenvalue weighted by atomic mass is 16.7. The molecule has 0 spiro atoms. The lowest BCUT2D eigenvalue weighted by molar-refractivity contribution is -0.0869. The van der Waals surface area contributed by atoms with Crippen LogP contribution in [-0.2, 0) is 9.57 Å². The molecule has 4 heteroatoms. The standard InChI is InChI=1S/C6H11NO3/c1-4(2)5-3-9-7-6(8)10-5/h4-5H,3H2,1-2H3,(H,7,8). The second kappa shape index (κ2) is 2.88. The first-order valence-electron chi connectivity index (χ1n) is 3.28. The number of hydrogen-bond acceptors (Lipinski definition) is 3. The molecule has 1 aliphatic heterocycles. The zero-order chi connectivity index (χ0) is 7.56. The lowest BCUT2D eigenvalue weighted by Crippen LogP contribution is -2.42. The van der Waals surface area contributed by atoms with Crippen LogP contribution in [0.2, 0.25) is 0 Å². The molecule has 0 radical (unpaired) electrons. The van der Waals surface area contributed by atoms with Crippen LogP contribution >= 0.6 is 0 Å². The molecule has 1 fully saturated rings. The van der Waals surface area contributed by atoms with Crippen LogP contribution < -0.4 is 5.48 Å². The maximum atomic E-state index is 10.5. The van der Waals surface area contributed by atoms with Crippen molar-refractivity contribution in [3.05, 3.63) is 0 Å². The molecule has 1 saturated heterocycles. The Hall–Kier alpha value is -0.770. The van der Waals surface area contributed by atoms with Gasteiger partial charge in [0.2, 0.25) is 0 Å². The first-order chi connectivity index (χ1) is 4.70. The minimum absolute atomic E-state index is 0.103. The van der Waals surface area contributed by atoms with Crippen LogP contribution in [-0.4, -0.2) is 18.8 Å². The minimum Gasteiger partial charge on any atom is -0.442 e. The van der Waals surface area contributed by atoms with Crippen molar-refractivity contribution in [2.24, 2.45) is 5.92 Å². The molecule has 1 heterocycles. The number of rotatable bonds is 1. The SMILES string of the molecule is CC(C)C1CONC(=O)O1. The lowest BCUT2D eigenvalue weighted by atomic mass is 10.1. The van der Waals surface area contributed by atoms with E-state index in [2.05, 4.69) is 5.48 Å². The van der Waals surface area contributed by atoms with Crippen molar-refractivity contribution in [3.8, 4) is 0 Å². The van der Waals surface area contributed by atoms with Gasteiger partial charge in [-0.15, -0.1) is 0 Å². The van der Waals surface area contributed by atoms with E-state index < -0.39 is 6.09 Å². The van der Waals surface area contributed by atoms with E-state index in [-0.39, 0.29) is 6.10 Å². The van der Waals surface area contributed by atoms with Crippen LogP contribution in [0.1, 0.15) is 13.8 Å². The monoisotopic (exact) mass is 145 g/mol. The minimum atomic E-state index is -0.495. The Morgan fingerprint density at radius 2 is 2.40 bits per heavy atom. The first kappa shape index (κ1) is 7.34. The van der Waals surface area contributed by atoms with Gasteiger partial charge >= 0.3 is 6.09 Å². The van der Waals surface area contributed by atoms with E-state index >= 15 is 0 Å². The quantitative estimate of drug-likeness (QED) is 0.590. The number of cyclic esters (lactones) is 1. The van der Waals surface area contributed by atoms with Crippen molar-refractivity contribution in [2.75, 3.05) is 6.61 Å². The van der Waals surface area contributed by atoms with E-state index in [0.29, 0.717) is 12.5 Å². The molecule has 1 rings (SSSR count). The number of ether oxygens (including phenoxy) is 1. The Morgan fingerprint density at radius 1 is 1.70 bits per heavy atom. The molecular formula is C6H11NO3. The molecule has 58 valence electrons. The van der Waals surface area contributed by atoms with Gasteiger partial charge in [0.05, 0.1) is 0 Å². The molecule has 4 nitrogen and oxygen atoms in total. The zero-order valence-electron chi connectivity index (χ0n) is 6.09. The Balaban J connectivity index is 2.39. The van der Waals surface area contributed by atoms with E-state index in [0.717, 1.165) is 0 Å². The molecule has 0 aromatic carbocycles. The van der Waals surface area contributed by atoms with Gasteiger partial charge in [-0.05, 0) is 5.92 Å². The van der Waals surface area contributed by atoms with Gasteiger partial charge in [-0.3, -0.25) is 4.84 Å². The van der Waals surface area contributed by atoms with Gasteiger partial charge in [-0.1, -0.05) is 13.8 Å². The molecule has 1 aliphatic rings. The molecule has 0 saturated carbocycles. The van der Waals surface area contributed by atoms with Crippen LogP contribution in [0, 0.1) is 5.92 Å². The van der Waals surface area contributed by atoms with E-state index in [1.807, 2.05) is 13.8 Å². The smallest absolute Gasteiger partial charge is 0.431 e. The molecule has 0 aromatic rings. The van der Waals surface area contributed by atoms with Crippen molar-refractivity contribution in [3.63, 3.8) is 0 Å². The summed E-state index contributed by atoms with van der Waals surface area (Å²) in [5.41, 5.74) is 2.11. The van der Waals surface area contributed by atoms with Crippen molar-refractivity contribution < 1.29 is 14.4 Å². The molecule has 0 aromatic heterocycles. The number of hydroxylamine groups is 1. The molecule has 1 amide bonds. The maximum absolute atomic E-state index is 10.5. The number of nitrogens with one attached hydrogen (secondary N) is 1. The molecule has 10 heavy (non-hydrogen) atoms. The second-order valence-electron chi connectivity index (χ2n) is 2.60. The van der Waals surface area contributed by atoms with Gasteiger partial charge in [-0.2, -0.15) is 5.48 Å². The van der Waals surface area contributed by atoms with E-state index in [1.54, 1.807) is 0 Å². The fourth-order valence-corrected chi connectivity index (χ4v) is 0.707. The second-order valence-corrected chi connectivity index (χ2v) is 2.60. The largest absolute Gasteiger partial charge is 0.442 e. The average molecular weight is 145 g/mol. The highest BCUT2D eigenvalue weighted by Gasteiger charge is 2.23. The molecule has 1 atom stereocenters. The summed E-state index contributed by atoms with van der Waals surface area (Å²) in [6.45, 7) is 4.39. The van der Waals surface area contributed by atoms with Crippen LogP contribution in [0.4, 0.5) is 4.79 Å². The number of carbonyl (C=O) groups is 1. The summed E-state index contributed by atoms with van der Waals surface area (Å²) in [5.74, 6) is 0.311. The van der Waals surface area contributed by atoms with Crippen LogP contribution in [0.3, 0.4) is 0 Å². The summed E-state index contributed by atoms with van der Waals surface area (Å²) in [6, 6.07) is 0. The summed E-state index contributed by atoms with van der Waals surface area (Å²) in [5, 5.41) is 0. The van der Waals surface area contributed by atoms with Gasteiger partial charge in [0.25, 0.3) is 0 Å². The van der Waals surface area contributed by atoms with E-state index in [1.165, 1.54) is 0 Å². The van der Waals surface area contributed by atoms with E-state index in [4.69, 9.17) is 9.57 Å². The van der Waals surface area contributed by atoms with Crippen molar-refractivity contribution >= 4 is 6.09 Å². The molecule has 1 unspecified atom stereocenters. The third-order valence-corrected chi connectivity index (χ3v) is 1.41. The predicted molar refractivity (Wildman–Crippen MR) is 34.2 cm³/mol. The lowest BCUT2D eigenvalue weighted by Gasteiger charge is -2.25. The topological polar surface area (TPSA) is 47.6 Å². The van der Waals surface area contributed by atoms with Gasteiger partial charge in [0.15, 0.2) is 0 Å². The number of carbonyl (C=O) groups excluding carboxylic acids is 1. The Kier molecular flexibility index (Phi) is 2.11. The Morgan fingerprint density at radius 3 is 2.80 bits per heavy atom.